The lowest BCUT2D eigenvalue weighted by molar-refractivity contribution is -0.148. The number of nitrogen functional groups attached to an aromatic ring is 1. The minimum Gasteiger partial charge on any atom is -0.508 e. The molecule has 2 atom stereocenters. The lowest BCUT2D eigenvalue weighted by Crippen LogP contribution is -2.70. The van der Waals surface area contributed by atoms with Gasteiger partial charge in [-0.15, -0.1) is 33.3 Å². The minimum absolute atomic E-state index is 0.0297. The number of phenolic OH excluding ortho intramolecular Hbond substituents is 3. The lowest BCUT2D eigenvalue weighted by atomic mass is 10.1. The summed E-state index contributed by atoms with van der Waals surface area (Å²) in [6, 6.07) is 9.14. The highest BCUT2D eigenvalue weighted by Crippen LogP contribution is 2.42. The topological polar surface area (TPSA) is 256 Å². The molecule has 0 radical (unpaired) electrons. The predicted octanol–water partition coefficient (Wildman–Crippen LogP) is 2.91. The Labute approximate surface area is 282 Å². The number of rotatable bonds is 11. The SMILES string of the molecule is Nc1nc(C(=NOCc2ccc(O)cc2)C(=O)N[C@@H]2C(=O)N3C(OC(=O)O)=C(CSc4nnc(-c5ccc(O)c(O)c5)o4)CS[C@@H]23)cs1. The highest BCUT2D eigenvalue weighted by Gasteiger charge is 2.54. The Morgan fingerprint density at radius 2 is 1.94 bits per heavy atom. The second-order valence-electron chi connectivity index (χ2n) is 9.95. The number of nitrogens with two attached hydrogens (primary N) is 1. The minimum atomic E-state index is -1.63. The number of benzene rings is 2. The van der Waals surface area contributed by atoms with Gasteiger partial charge in [0.2, 0.25) is 11.8 Å². The van der Waals surface area contributed by atoms with E-state index in [1.54, 1.807) is 12.1 Å². The van der Waals surface area contributed by atoms with E-state index in [-0.39, 0.29) is 68.9 Å². The van der Waals surface area contributed by atoms with Crippen LogP contribution in [0, 0.1) is 0 Å². The standard InChI is InChI=1S/C28H23N7O10S3/c29-26-30-16(11-47-26)19(34-43-8-12-1-4-15(36)5-2-12)21(39)31-20-23(40)35-24(45-28(41)42)14(9-46-25(20)35)10-48-27-33-32-22(44-27)13-3-6-17(37)18(38)7-13/h1-7,11,20,25,36-38H,8-10H2,(H2,29,30)(H,31,39)(H,41,42)/t20-,25+/m1/s1. The van der Waals surface area contributed by atoms with Crippen molar-refractivity contribution in [1.29, 1.82) is 0 Å². The number of aromatic nitrogens is 3. The number of amides is 2. The first-order chi connectivity index (χ1) is 23.1. The molecule has 0 aliphatic carbocycles. The number of fused-ring (bicyclic) bond motifs is 1. The fraction of sp³-hybridized carbons (Fsp3) is 0.179. The third kappa shape index (κ3) is 6.94. The second-order valence-corrected chi connectivity index (χ2v) is 12.9. The van der Waals surface area contributed by atoms with Gasteiger partial charge in [-0.2, -0.15) is 0 Å². The van der Waals surface area contributed by atoms with Crippen LogP contribution in [-0.2, 0) is 25.8 Å². The Morgan fingerprint density at radius 1 is 1.15 bits per heavy atom. The number of nitrogens with one attached hydrogen (secondary N) is 1. The van der Waals surface area contributed by atoms with Crippen LogP contribution in [0.3, 0.4) is 0 Å². The summed E-state index contributed by atoms with van der Waals surface area (Å²) in [7, 11) is 0. The zero-order valence-electron chi connectivity index (χ0n) is 24.2. The van der Waals surface area contributed by atoms with Crippen LogP contribution in [0.2, 0.25) is 0 Å². The van der Waals surface area contributed by atoms with Gasteiger partial charge in [-0.3, -0.25) is 14.5 Å². The lowest BCUT2D eigenvalue weighted by Gasteiger charge is -2.49. The summed E-state index contributed by atoms with van der Waals surface area (Å²) in [4.78, 5) is 48.9. The van der Waals surface area contributed by atoms with E-state index in [0.717, 1.165) is 28.0 Å². The molecule has 0 unspecified atom stereocenters. The van der Waals surface area contributed by atoms with Crippen molar-refractivity contribution in [3.63, 3.8) is 0 Å². The molecule has 20 heteroatoms. The Bertz CT molecular complexity index is 1950. The highest BCUT2D eigenvalue weighted by atomic mass is 32.2. The quantitative estimate of drug-likeness (QED) is 0.0326. The van der Waals surface area contributed by atoms with E-state index in [4.69, 9.17) is 19.7 Å². The number of hydrogen-bond acceptors (Lipinski definition) is 17. The number of carbonyl (C=O) groups excluding carboxylic acids is 2. The van der Waals surface area contributed by atoms with Gasteiger partial charge in [-0.25, -0.2) is 9.78 Å². The number of carboxylic acid groups (broad SMARTS) is 1. The van der Waals surface area contributed by atoms with E-state index in [1.807, 2.05) is 0 Å². The molecule has 2 aromatic heterocycles. The van der Waals surface area contributed by atoms with Crippen molar-refractivity contribution >= 4 is 63.7 Å². The highest BCUT2D eigenvalue weighted by molar-refractivity contribution is 8.01. The molecule has 4 heterocycles. The molecule has 0 saturated carbocycles. The third-order valence-corrected chi connectivity index (χ3v) is 9.68. The summed E-state index contributed by atoms with van der Waals surface area (Å²) in [6.45, 7) is -0.0297. The molecule has 2 aliphatic rings. The van der Waals surface area contributed by atoms with Gasteiger partial charge in [0.05, 0.1) is 0 Å². The average molecular weight is 714 g/mol. The van der Waals surface area contributed by atoms with E-state index in [1.165, 1.54) is 47.5 Å². The Balaban J connectivity index is 1.14. The van der Waals surface area contributed by atoms with Crippen molar-refractivity contribution in [3.8, 4) is 28.7 Å². The molecule has 4 aromatic rings. The van der Waals surface area contributed by atoms with Gasteiger partial charge >= 0.3 is 6.16 Å². The fourth-order valence-corrected chi connectivity index (χ4v) is 7.23. The third-order valence-electron chi connectivity index (χ3n) is 6.77. The van der Waals surface area contributed by atoms with Crippen LogP contribution in [-0.4, -0.2) is 87.1 Å². The summed E-state index contributed by atoms with van der Waals surface area (Å²) in [5.41, 5.74) is 7.14. The van der Waals surface area contributed by atoms with Crippen molar-refractivity contribution in [2.24, 2.45) is 5.16 Å². The molecule has 17 nitrogen and oxygen atoms in total. The Hall–Kier alpha value is -5.47. The number of oxime groups is 1. The maximum absolute atomic E-state index is 13.4. The second kappa shape index (κ2) is 13.7. The number of hydrogen-bond donors (Lipinski definition) is 6. The van der Waals surface area contributed by atoms with Crippen LogP contribution >= 0.6 is 34.9 Å². The van der Waals surface area contributed by atoms with Crippen LogP contribution in [0.25, 0.3) is 11.5 Å². The monoisotopic (exact) mass is 713 g/mol. The number of ether oxygens (including phenoxy) is 1. The average Bonchev–Trinajstić information content (AvgIpc) is 3.72. The van der Waals surface area contributed by atoms with Crippen molar-refractivity contribution in [2.45, 2.75) is 23.2 Å². The van der Waals surface area contributed by atoms with Gasteiger partial charge < -0.3 is 45.5 Å². The van der Waals surface area contributed by atoms with Crippen LogP contribution in [0.15, 0.2) is 74.1 Å². The largest absolute Gasteiger partial charge is 0.512 e. The van der Waals surface area contributed by atoms with Crippen LogP contribution in [0.5, 0.6) is 17.2 Å². The first kappa shape index (κ1) is 32.5. The number of aromatic hydroxyl groups is 3. The number of β-lactam (4-membered cyclic amide) rings is 1. The van der Waals surface area contributed by atoms with Crippen molar-refractivity contribution < 1.29 is 48.8 Å². The Kier molecular flexibility index (Phi) is 9.28. The summed E-state index contributed by atoms with van der Waals surface area (Å²) in [5.74, 6) is -1.74. The summed E-state index contributed by atoms with van der Waals surface area (Å²) >= 11 is 3.42. The smallest absolute Gasteiger partial charge is 0.508 e. The molecular weight excluding hydrogens is 691 g/mol. The molecule has 6 rings (SSSR count). The molecular formula is C28H23N7O10S3. The number of phenols is 3. The van der Waals surface area contributed by atoms with Gasteiger partial charge in [0.25, 0.3) is 17.0 Å². The predicted molar refractivity (Wildman–Crippen MR) is 171 cm³/mol. The van der Waals surface area contributed by atoms with Crippen LogP contribution in [0.4, 0.5) is 9.93 Å². The number of thioether (sulfide) groups is 2. The molecule has 1 fully saturated rings. The van der Waals surface area contributed by atoms with E-state index < -0.39 is 29.4 Å². The van der Waals surface area contributed by atoms with Crippen molar-refractivity contribution in [1.82, 2.24) is 25.4 Å². The maximum atomic E-state index is 13.4. The van der Waals surface area contributed by atoms with Crippen LogP contribution in [0.1, 0.15) is 11.3 Å². The van der Waals surface area contributed by atoms with E-state index in [9.17, 15) is 34.8 Å². The van der Waals surface area contributed by atoms with Gasteiger partial charge in [0, 0.05) is 28.0 Å². The maximum Gasteiger partial charge on any atom is 0.512 e. The van der Waals surface area contributed by atoms with Gasteiger partial charge in [0.15, 0.2) is 22.3 Å². The van der Waals surface area contributed by atoms with E-state index >= 15 is 0 Å². The number of carbonyl (C=O) groups is 3. The molecule has 0 spiro atoms. The zero-order valence-corrected chi connectivity index (χ0v) is 26.6. The Morgan fingerprint density at radius 3 is 2.65 bits per heavy atom. The number of thiazole rings is 1. The first-order valence-corrected chi connectivity index (χ1v) is 16.5. The van der Waals surface area contributed by atoms with E-state index in [0.29, 0.717) is 16.7 Å². The van der Waals surface area contributed by atoms with Crippen molar-refractivity contribution in [3.05, 3.63) is 70.6 Å². The molecule has 0 bridgehead atoms. The van der Waals surface area contributed by atoms with Gasteiger partial charge in [0.1, 0.15) is 29.5 Å². The molecule has 248 valence electrons. The van der Waals surface area contributed by atoms with Crippen molar-refractivity contribution in [2.75, 3.05) is 17.2 Å². The molecule has 7 N–H and O–H groups in total. The van der Waals surface area contributed by atoms with Crippen LogP contribution < -0.4 is 11.1 Å². The fourth-order valence-electron chi connectivity index (χ4n) is 4.47. The molecule has 48 heavy (non-hydrogen) atoms. The molecule has 2 aromatic carbocycles. The molecule has 2 amide bonds. The summed E-state index contributed by atoms with van der Waals surface area (Å²) in [5, 5.41) is 53.8. The summed E-state index contributed by atoms with van der Waals surface area (Å²) in [6.07, 6.45) is -1.63. The molecule has 2 aliphatic heterocycles. The number of anilines is 1. The number of nitrogens with zero attached hydrogens (tertiary/aromatic N) is 5. The summed E-state index contributed by atoms with van der Waals surface area (Å²) < 4.78 is 10.7. The van der Waals surface area contributed by atoms with Gasteiger partial charge in [-0.1, -0.05) is 29.1 Å². The normalized spacial score (nSPS) is 17.5. The van der Waals surface area contributed by atoms with E-state index in [2.05, 4.69) is 25.7 Å². The zero-order chi connectivity index (χ0) is 33.9. The first-order valence-electron chi connectivity index (χ1n) is 13.6. The van der Waals surface area contributed by atoms with Gasteiger partial charge in [-0.05, 0) is 35.9 Å². The molecule has 1 saturated heterocycles.